The van der Waals surface area contributed by atoms with Gasteiger partial charge in [0, 0.05) is 6.07 Å². The number of hydrogen-bond donors (Lipinski definition) is 0. The molecule has 2 heterocycles. The Bertz CT molecular complexity index is 901. The maximum absolute atomic E-state index is 5.76. The molecule has 5 heteroatoms. The van der Waals surface area contributed by atoms with Gasteiger partial charge in [-0.05, 0) is 29.3 Å². The normalized spacial score (nSPS) is 10.7. The largest absolute Gasteiger partial charge is 0.438 e. The molecule has 5 nitrogen and oxygen atoms in total. The summed E-state index contributed by atoms with van der Waals surface area (Å²) >= 11 is 0. The van der Waals surface area contributed by atoms with Crippen LogP contribution in [0.25, 0.3) is 16.8 Å². The number of benzene rings is 2. The first kappa shape index (κ1) is 12.5. The molecule has 0 saturated heterocycles. The third-order valence-electron chi connectivity index (χ3n) is 3.32. The molecule has 0 saturated carbocycles. The van der Waals surface area contributed by atoms with E-state index >= 15 is 0 Å². The van der Waals surface area contributed by atoms with Crippen molar-refractivity contribution in [1.29, 1.82) is 0 Å². The Morgan fingerprint density at radius 3 is 2.36 bits per heavy atom. The van der Waals surface area contributed by atoms with Crippen molar-refractivity contribution in [2.24, 2.45) is 0 Å². The van der Waals surface area contributed by atoms with Crippen LogP contribution in [0, 0.1) is 0 Å². The van der Waals surface area contributed by atoms with Crippen LogP contribution in [0.5, 0.6) is 11.6 Å². The zero-order chi connectivity index (χ0) is 14.8. The summed E-state index contributed by atoms with van der Waals surface area (Å²) in [6, 6.07) is 21.7. The molecule has 0 spiro atoms. The maximum atomic E-state index is 5.76. The molecule has 2 aromatic heterocycles. The highest BCUT2D eigenvalue weighted by atomic mass is 16.5. The summed E-state index contributed by atoms with van der Waals surface area (Å²) in [5.41, 5.74) is 3.01. The second kappa shape index (κ2) is 5.29. The molecular formula is C17H12N4O. The highest BCUT2D eigenvalue weighted by Crippen LogP contribution is 2.24. The van der Waals surface area contributed by atoms with E-state index in [9.17, 15) is 0 Å². The molecule has 0 aliphatic heterocycles. The topological polar surface area (TPSA) is 52.3 Å². The average Bonchev–Trinajstić information content (AvgIpc) is 3.04. The molecular weight excluding hydrogens is 276 g/mol. The molecule has 4 aromatic rings. The van der Waals surface area contributed by atoms with Crippen molar-refractivity contribution in [2.45, 2.75) is 0 Å². The Kier molecular flexibility index (Phi) is 3.01. The first-order valence-corrected chi connectivity index (χ1v) is 6.89. The lowest BCUT2D eigenvalue weighted by molar-refractivity contribution is 0.452. The van der Waals surface area contributed by atoms with Crippen LogP contribution in [-0.4, -0.2) is 19.8 Å². The van der Waals surface area contributed by atoms with Crippen molar-refractivity contribution in [3.63, 3.8) is 0 Å². The molecule has 0 aliphatic rings. The van der Waals surface area contributed by atoms with Gasteiger partial charge >= 0.3 is 0 Å². The fourth-order valence-electron chi connectivity index (χ4n) is 2.23. The summed E-state index contributed by atoms with van der Waals surface area (Å²) in [6.45, 7) is 0. The van der Waals surface area contributed by atoms with E-state index in [0.29, 0.717) is 11.5 Å². The number of rotatable bonds is 3. The van der Waals surface area contributed by atoms with Gasteiger partial charge in [0.15, 0.2) is 5.65 Å². The van der Waals surface area contributed by atoms with Crippen molar-refractivity contribution >= 4 is 5.65 Å². The van der Waals surface area contributed by atoms with E-state index in [-0.39, 0.29) is 0 Å². The van der Waals surface area contributed by atoms with E-state index < -0.39 is 0 Å². The highest BCUT2D eigenvalue weighted by Gasteiger charge is 2.03. The summed E-state index contributed by atoms with van der Waals surface area (Å²) < 4.78 is 7.34. The number of fused-ring (bicyclic) bond motifs is 1. The summed E-state index contributed by atoms with van der Waals surface area (Å²) in [7, 11) is 0. The lowest BCUT2D eigenvalue weighted by Gasteiger charge is -2.06. The van der Waals surface area contributed by atoms with Crippen molar-refractivity contribution in [3.05, 3.63) is 73.1 Å². The Hall–Kier alpha value is -3.21. The molecule has 0 fully saturated rings. The summed E-state index contributed by atoms with van der Waals surface area (Å²) in [6.07, 6.45) is 1.54. The minimum atomic E-state index is 0.500. The van der Waals surface area contributed by atoms with Gasteiger partial charge in [-0.25, -0.2) is 0 Å². The van der Waals surface area contributed by atoms with Crippen LogP contribution in [0.4, 0.5) is 0 Å². The van der Waals surface area contributed by atoms with Crippen LogP contribution in [0.3, 0.4) is 0 Å². The van der Waals surface area contributed by atoms with E-state index in [1.54, 1.807) is 16.9 Å². The lowest BCUT2D eigenvalue weighted by Crippen LogP contribution is -1.94. The first-order chi connectivity index (χ1) is 10.9. The maximum Gasteiger partial charge on any atom is 0.237 e. The standard InChI is InChI=1S/C17H12N4O/c1-2-4-13(5-3-1)14-6-8-15(9-7-14)22-17-11-10-16-19-18-12-21(16)20-17/h1-12H. The molecule has 0 atom stereocenters. The summed E-state index contributed by atoms with van der Waals surface area (Å²) in [5.74, 6) is 1.24. The first-order valence-electron chi connectivity index (χ1n) is 6.89. The number of aromatic nitrogens is 4. The minimum absolute atomic E-state index is 0.500. The molecule has 106 valence electrons. The lowest BCUT2D eigenvalue weighted by atomic mass is 10.1. The molecule has 0 amide bonds. The Labute approximate surface area is 126 Å². The zero-order valence-corrected chi connectivity index (χ0v) is 11.6. The average molecular weight is 288 g/mol. The minimum Gasteiger partial charge on any atom is -0.438 e. The molecule has 22 heavy (non-hydrogen) atoms. The van der Waals surface area contributed by atoms with Gasteiger partial charge < -0.3 is 4.74 Å². The third kappa shape index (κ3) is 2.40. The van der Waals surface area contributed by atoms with E-state index in [1.807, 2.05) is 48.5 Å². The van der Waals surface area contributed by atoms with E-state index in [0.717, 1.165) is 11.3 Å². The van der Waals surface area contributed by atoms with Gasteiger partial charge in [0.2, 0.25) is 5.88 Å². The van der Waals surface area contributed by atoms with Gasteiger partial charge in [0.05, 0.1) is 0 Å². The predicted molar refractivity (Wildman–Crippen MR) is 82.7 cm³/mol. The number of ether oxygens (including phenoxy) is 1. The number of hydrogen-bond acceptors (Lipinski definition) is 4. The van der Waals surface area contributed by atoms with E-state index in [4.69, 9.17) is 4.74 Å². The van der Waals surface area contributed by atoms with Crippen LogP contribution in [0.2, 0.25) is 0 Å². The van der Waals surface area contributed by atoms with E-state index in [2.05, 4.69) is 27.4 Å². The summed E-state index contributed by atoms with van der Waals surface area (Å²) in [5, 5.41) is 12.0. The molecule has 0 unspecified atom stereocenters. The molecule has 0 aliphatic carbocycles. The van der Waals surface area contributed by atoms with Crippen molar-refractivity contribution < 1.29 is 4.74 Å². The van der Waals surface area contributed by atoms with Crippen molar-refractivity contribution in [3.8, 4) is 22.8 Å². The van der Waals surface area contributed by atoms with Gasteiger partial charge in [0.1, 0.15) is 12.1 Å². The Morgan fingerprint density at radius 2 is 1.55 bits per heavy atom. The van der Waals surface area contributed by atoms with Gasteiger partial charge in [-0.2, -0.15) is 4.52 Å². The van der Waals surface area contributed by atoms with Gasteiger partial charge in [-0.15, -0.1) is 15.3 Å². The van der Waals surface area contributed by atoms with Crippen LogP contribution in [0.1, 0.15) is 0 Å². The van der Waals surface area contributed by atoms with Crippen LogP contribution >= 0.6 is 0 Å². The summed E-state index contributed by atoms with van der Waals surface area (Å²) in [4.78, 5) is 0. The molecule has 0 N–H and O–H groups in total. The zero-order valence-electron chi connectivity index (χ0n) is 11.6. The molecule has 4 rings (SSSR count). The molecule has 0 radical (unpaired) electrons. The van der Waals surface area contributed by atoms with Crippen LogP contribution in [0.15, 0.2) is 73.1 Å². The van der Waals surface area contributed by atoms with Gasteiger partial charge in [0.25, 0.3) is 0 Å². The van der Waals surface area contributed by atoms with Gasteiger partial charge in [-0.3, -0.25) is 0 Å². The molecule has 2 aromatic carbocycles. The van der Waals surface area contributed by atoms with Crippen LogP contribution in [-0.2, 0) is 0 Å². The fourth-order valence-corrected chi connectivity index (χ4v) is 2.23. The SMILES string of the molecule is c1ccc(-c2ccc(Oc3ccc4nncn4n3)cc2)cc1. The Morgan fingerprint density at radius 1 is 0.773 bits per heavy atom. The highest BCUT2D eigenvalue weighted by molar-refractivity contribution is 5.64. The Balaban J connectivity index is 1.58. The monoisotopic (exact) mass is 288 g/mol. The third-order valence-corrected chi connectivity index (χ3v) is 3.32. The second-order valence-electron chi connectivity index (χ2n) is 4.80. The van der Waals surface area contributed by atoms with Crippen molar-refractivity contribution in [1.82, 2.24) is 19.8 Å². The predicted octanol–water partition coefficient (Wildman–Crippen LogP) is 3.58. The quantitative estimate of drug-likeness (QED) is 0.578. The van der Waals surface area contributed by atoms with Crippen molar-refractivity contribution in [2.75, 3.05) is 0 Å². The number of nitrogens with zero attached hydrogens (tertiary/aromatic N) is 4. The second-order valence-corrected chi connectivity index (χ2v) is 4.80. The fraction of sp³-hybridized carbons (Fsp3) is 0. The van der Waals surface area contributed by atoms with Gasteiger partial charge in [-0.1, -0.05) is 42.5 Å². The van der Waals surface area contributed by atoms with E-state index in [1.165, 1.54) is 5.56 Å². The van der Waals surface area contributed by atoms with Crippen LogP contribution < -0.4 is 4.74 Å². The molecule has 0 bridgehead atoms. The smallest absolute Gasteiger partial charge is 0.237 e.